The van der Waals surface area contributed by atoms with Crippen molar-refractivity contribution in [3.63, 3.8) is 0 Å². The molecule has 1 aliphatic rings. The third-order valence-corrected chi connectivity index (χ3v) is 4.28. The molecule has 5 heteroatoms. The predicted octanol–water partition coefficient (Wildman–Crippen LogP) is 4.49. The molecule has 0 aromatic heterocycles. The van der Waals surface area contributed by atoms with Gasteiger partial charge in [-0.1, -0.05) is 18.2 Å². The molecule has 1 heterocycles. The van der Waals surface area contributed by atoms with Gasteiger partial charge in [0, 0.05) is 6.07 Å². The minimum absolute atomic E-state index is 0.100. The van der Waals surface area contributed by atoms with E-state index in [0.717, 1.165) is 5.56 Å². The van der Waals surface area contributed by atoms with Crippen molar-refractivity contribution < 1.29 is 24.1 Å². The number of allylic oxidation sites excluding steroid dienone is 1. The first-order valence-corrected chi connectivity index (χ1v) is 8.53. The molecule has 2 aromatic rings. The van der Waals surface area contributed by atoms with Gasteiger partial charge in [-0.2, -0.15) is 0 Å². The number of phenols is 1. The van der Waals surface area contributed by atoms with Gasteiger partial charge < -0.3 is 19.3 Å². The van der Waals surface area contributed by atoms with Crippen LogP contribution in [0, 0.1) is 0 Å². The topological polar surface area (TPSA) is 65.0 Å². The molecule has 5 nitrogen and oxygen atoms in total. The van der Waals surface area contributed by atoms with E-state index in [1.165, 1.54) is 13.2 Å². The van der Waals surface area contributed by atoms with E-state index in [-0.39, 0.29) is 22.8 Å². The standard InChI is InChI=1S/C22H22O5/c1-22(2)11-10-16-18(27-22)13-19(26-4)20(21(16)24)17(23)9-8-14-6-5-7-15(12-14)25-3/h5-13,24H,1-4H3/b9-8+. The Bertz CT molecular complexity index is 938. The molecule has 0 fully saturated rings. The number of methoxy groups -OCH3 is 2. The van der Waals surface area contributed by atoms with Crippen molar-refractivity contribution in [2.24, 2.45) is 0 Å². The maximum absolute atomic E-state index is 12.8. The van der Waals surface area contributed by atoms with Gasteiger partial charge in [0.15, 0.2) is 5.78 Å². The second-order valence-electron chi connectivity index (χ2n) is 6.73. The highest BCUT2D eigenvalue weighted by Crippen LogP contribution is 2.43. The number of phenolic OH excluding ortho intramolecular Hbond substituents is 1. The number of ketones is 1. The number of rotatable bonds is 5. The Labute approximate surface area is 158 Å². The second kappa shape index (κ2) is 7.19. The predicted molar refractivity (Wildman–Crippen MR) is 105 cm³/mol. The quantitative estimate of drug-likeness (QED) is 0.624. The van der Waals surface area contributed by atoms with Crippen molar-refractivity contribution in [1.82, 2.24) is 0 Å². The van der Waals surface area contributed by atoms with E-state index in [0.29, 0.717) is 17.1 Å². The molecule has 140 valence electrons. The smallest absolute Gasteiger partial charge is 0.193 e. The van der Waals surface area contributed by atoms with Crippen LogP contribution >= 0.6 is 0 Å². The second-order valence-corrected chi connectivity index (χ2v) is 6.73. The van der Waals surface area contributed by atoms with Crippen molar-refractivity contribution in [1.29, 1.82) is 0 Å². The number of hydrogen-bond acceptors (Lipinski definition) is 5. The Morgan fingerprint density at radius 2 is 1.96 bits per heavy atom. The molecule has 3 rings (SSSR count). The fraction of sp³-hybridized carbons (Fsp3) is 0.227. The number of fused-ring (bicyclic) bond motifs is 1. The highest BCUT2D eigenvalue weighted by molar-refractivity contribution is 6.11. The van der Waals surface area contributed by atoms with Crippen LogP contribution in [0.4, 0.5) is 0 Å². The first-order chi connectivity index (χ1) is 12.8. The summed E-state index contributed by atoms with van der Waals surface area (Å²) in [5, 5.41) is 10.7. The van der Waals surface area contributed by atoms with Gasteiger partial charge in [0.05, 0.1) is 19.8 Å². The van der Waals surface area contributed by atoms with Gasteiger partial charge in [-0.25, -0.2) is 0 Å². The van der Waals surface area contributed by atoms with Crippen molar-refractivity contribution in [3.05, 3.63) is 59.2 Å². The number of hydrogen-bond donors (Lipinski definition) is 1. The summed E-state index contributed by atoms with van der Waals surface area (Å²) in [7, 11) is 3.04. The van der Waals surface area contributed by atoms with Crippen LogP contribution in [0.25, 0.3) is 12.2 Å². The molecular weight excluding hydrogens is 344 g/mol. The molecule has 0 saturated carbocycles. The molecule has 1 N–H and O–H groups in total. The van der Waals surface area contributed by atoms with Gasteiger partial charge in [-0.05, 0) is 49.8 Å². The molecule has 0 unspecified atom stereocenters. The molecule has 1 aliphatic heterocycles. The first-order valence-electron chi connectivity index (χ1n) is 8.53. The zero-order valence-corrected chi connectivity index (χ0v) is 15.8. The van der Waals surface area contributed by atoms with E-state index >= 15 is 0 Å². The summed E-state index contributed by atoms with van der Waals surface area (Å²) in [6.45, 7) is 3.82. The van der Waals surface area contributed by atoms with Gasteiger partial charge in [-0.15, -0.1) is 0 Å². The van der Waals surface area contributed by atoms with E-state index in [1.54, 1.807) is 25.3 Å². The molecule has 0 atom stereocenters. The van der Waals surface area contributed by atoms with Crippen LogP contribution in [0.3, 0.4) is 0 Å². The SMILES string of the molecule is COc1cccc(/C=C/C(=O)c2c(OC)cc3c(c2O)C=CC(C)(C)O3)c1. The van der Waals surface area contributed by atoms with Crippen molar-refractivity contribution in [3.8, 4) is 23.0 Å². The summed E-state index contributed by atoms with van der Waals surface area (Å²) >= 11 is 0. The van der Waals surface area contributed by atoms with E-state index in [1.807, 2.05) is 44.2 Å². The minimum Gasteiger partial charge on any atom is -0.506 e. The molecule has 0 saturated heterocycles. The molecule has 0 amide bonds. The summed E-state index contributed by atoms with van der Waals surface area (Å²) in [5.41, 5.74) is 0.878. The summed E-state index contributed by atoms with van der Waals surface area (Å²) in [4.78, 5) is 12.8. The van der Waals surface area contributed by atoms with Gasteiger partial charge in [0.25, 0.3) is 0 Å². The largest absolute Gasteiger partial charge is 0.506 e. The van der Waals surface area contributed by atoms with Crippen LogP contribution < -0.4 is 14.2 Å². The van der Waals surface area contributed by atoms with Crippen LogP contribution in [-0.2, 0) is 0 Å². The Balaban J connectivity index is 1.98. The van der Waals surface area contributed by atoms with Crippen LogP contribution in [0.2, 0.25) is 0 Å². The summed E-state index contributed by atoms with van der Waals surface area (Å²) in [6.07, 6.45) is 6.66. The molecule has 0 spiro atoms. The van der Waals surface area contributed by atoms with Crippen molar-refractivity contribution in [2.45, 2.75) is 19.4 Å². The van der Waals surface area contributed by atoms with Gasteiger partial charge in [0.1, 0.15) is 34.2 Å². The number of carbonyl (C=O) groups excluding carboxylic acids is 1. The summed E-state index contributed by atoms with van der Waals surface area (Å²) in [6, 6.07) is 8.96. The lowest BCUT2D eigenvalue weighted by Gasteiger charge is -2.29. The molecule has 0 bridgehead atoms. The van der Waals surface area contributed by atoms with Gasteiger partial charge in [0.2, 0.25) is 0 Å². The number of benzene rings is 2. The third-order valence-electron chi connectivity index (χ3n) is 4.28. The van der Waals surface area contributed by atoms with Gasteiger partial charge in [-0.3, -0.25) is 4.79 Å². The highest BCUT2D eigenvalue weighted by Gasteiger charge is 2.28. The zero-order valence-electron chi connectivity index (χ0n) is 15.8. The molecule has 2 aromatic carbocycles. The summed E-state index contributed by atoms with van der Waals surface area (Å²) < 4.78 is 16.4. The lowest BCUT2D eigenvalue weighted by molar-refractivity contribution is 0.104. The van der Waals surface area contributed by atoms with E-state index in [9.17, 15) is 9.90 Å². The Morgan fingerprint density at radius 1 is 1.19 bits per heavy atom. The average molecular weight is 366 g/mol. The van der Waals surface area contributed by atoms with Crippen LogP contribution in [0.5, 0.6) is 23.0 Å². The zero-order chi connectivity index (χ0) is 19.6. The monoisotopic (exact) mass is 366 g/mol. The molecule has 27 heavy (non-hydrogen) atoms. The molecule has 0 radical (unpaired) electrons. The Kier molecular flexibility index (Phi) is 4.95. The van der Waals surface area contributed by atoms with Gasteiger partial charge >= 0.3 is 0 Å². The van der Waals surface area contributed by atoms with Crippen molar-refractivity contribution in [2.75, 3.05) is 14.2 Å². The third kappa shape index (κ3) is 3.82. The summed E-state index contributed by atoms with van der Waals surface area (Å²) in [5.74, 6) is 0.913. The lowest BCUT2D eigenvalue weighted by Crippen LogP contribution is -2.27. The normalized spacial score (nSPS) is 14.5. The van der Waals surface area contributed by atoms with Crippen LogP contribution in [0.1, 0.15) is 35.3 Å². The van der Waals surface area contributed by atoms with E-state index in [4.69, 9.17) is 14.2 Å². The fourth-order valence-corrected chi connectivity index (χ4v) is 2.88. The van der Waals surface area contributed by atoms with E-state index in [2.05, 4.69) is 0 Å². The van der Waals surface area contributed by atoms with Crippen LogP contribution in [0.15, 0.2) is 42.5 Å². The Morgan fingerprint density at radius 3 is 2.67 bits per heavy atom. The lowest BCUT2D eigenvalue weighted by atomic mass is 9.97. The molecule has 0 aliphatic carbocycles. The Hall–Kier alpha value is -3.21. The maximum Gasteiger partial charge on any atom is 0.193 e. The number of aromatic hydroxyl groups is 1. The van der Waals surface area contributed by atoms with E-state index < -0.39 is 5.60 Å². The average Bonchev–Trinajstić information content (AvgIpc) is 2.65. The van der Waals surface area contributed by atoms with Crippen LogP contribution in [-0.4, -0.2) is 30.7 Å². The fourth-order valence-electron chi connectivity index (χ4n) is 2.88. The number of ether oxygens (including phenoxy) is 3. The first kappa shape index (κ1) is 18.6. The minimum atomic E-state index is -0.498. The maximum atomic E-state index is 12.8. The van der Waals surface area contributed by atoms with Crippen molar-refractivity contribution >= 4 is 17.9 Å². The molecular formula is C22H22O5. The number of carbonyl (C=O) groups is 1. The highest BCUT2D eigenvalue weighted by atomic mass is 16.5.